The van der Waals surface area contributed by atoms with Crippen molar-refractivity contribution >= 4 is 29.2 Å². The van der Waals surface area contributed by atoms with Crippen molar-refractivity contribution in [3.05, 3.63) is 76.0 Å². The second kappa shape index (κ2) is 11.6. The lowest BCUT2D eigenvalue weighted by Crippen LogP contribution is -2.48. The summed E-state index contributed by atoms with van der Waals surface area (Å²) >= 11 is 6.26. The van der Waals surface area contributed by atoms with Crippen LogP contribution in [0.3, 0.4) is 0 Å². The molecule has 37 heavy (non-hydrogen) atoms. The number of aromatic nitrogens is 3. The minimum atomic E-state index is -4.52. The zero-order chi connectivity index (χ0) is 27.3. The Kier molecular flexibility index (Phi) is 8.80. The number of anilines is 1. The summed E-state index contributed by atoms with van der Waals surface area (Å²) in [5.74, 6) is 0.251. The second-order valence-electron chi connectivity index (χ2n) is 8.63. The van der Waals surface area contributed by atoms with E-state index in [4.69, 9.17) is 11.6 Å². The number of urea groups is 1. The highest BCUT2D eigenvalue weighted by Crippen LogP contribution is 2.31. The normalized spacial score (nSPS) is 15.2. The highest BCUT2D eigenvalue weighted by Gasteiger charge is 2.30. The molecule has 1 aliphatic heterocycles. The highest BCUT2D eigenvalue weighted by molar-refractivity contribution is 6.36. The summed E-state index contributed by atoms with van der Waals surface area (Å²) in [7, 11) is 3.32. The van der Waals surface area contributed by atoms with Gasteiger partial charge in [0.25, 0.3) is 0 Å². The Morgan fingerprint density at radius 2 is 1.81 bits per heavy atom. The summed E-state index contributed by atoms with van der Waals surface area (Å²) < 4.78 is 40.3. The fourth-order valence-electron chi connectivity index (χ4n) is 3.76. The standard InChI is InChI=1S/C25H28ClF3N6O2/c1-5-6-7-20(16(2)26)21-31-22(34-14-12-18(13-15-34)30-23(36)33(3)4)32-24(37)35(21)19-10-8-17(9-11-19)25(27,28)29/h5-11,18H,2,12-15H2,1,3-4H3,(H,30,36)/b6-5-,20-7+. The first-order chi connectivity index (χ1) is 17.4. The van der Waals surface area contributed by atoms with E-state index < -0.39 is 17.4 Å². The molecule has 0 unspecified atom stereocenters. The molecule has 12 heteroatoms. The average molecular weight is 537 g/mol. The Balaban J connectivity index is 2.03. The number of alkyl halides is 3. The molecule has 0 aliphatic carbocycles. The fraction of sp³-hybridized carbons (Fsp3) is 0.360. The van der Waals surface area contributed by atoms with Gasteiger partial charge in [-0.15, -0.1) is 0 Å². The van der Waals surface area contributed by atoms with Crippen LogP contribution >= 0.6 is 11.6 Å². The van der Waals surface area contributed by atoms with Gasteiger partial charge in [-0.1, -0.05) is 36.4 Å². The first-order valence-electron chi connectivity index (χ1n) is 11.5. The molecule has 0 atom stereocenters. The van der Waals surface area contributed by atoms with Gasteiger partial charge in [-0.05, 0) is 44.0 Å². The maximum Gasteiger partial charge on any atom is 0.416 e. The Hall–Kier alpha value is -3.60. The summed E-state index contributed by atoms with van der Waals surface area (Å²) in [4.78, 5) is 37.2. The van der Waals surface area contributed by atoms with Gasteiger partial charge in [0.2, 0.25) is 5.95 Å². The number of allylic oxidation sites excluding steroid dienone is 5. The van der Waals surface area contributed by atoms with E-state index in [1.54, 1.807) is 39.2 Å². The van der Waals surface area contributed by atoms with E-state index in [2.05, 4.69) is 21.9 Å². The van der Waals surface area contributed by atoms with Gasteiger partial charge >= 0.3 is 17.9 Å². The molecule has 198 valence electrons. The van der Waals surface area contributed by atoms with Gasteiger partial charge in [-0.25, -0.2) is 14.2 Å². The van der Waals surface area contributed by atoms with Crippen LogP contribution in [0.2, 0.25) is 0 Å². The van der Waals surface area contributed by atoms with Crippen LogP contribution in [0.5, 0.6) is 0 Å². The van der Waals surface area contributed by atoms with E-state index in [1.165, 1.54) is 17.0 Å². The molecule has 1 N–H and O–H groups in total. The molecule has 1 aromatic heterocycles. The zero-order valence-corrected chi connectivity index (χ0v) is 21.5. The van der Waals surface area contributed by atoms with Crippen LogP contribution in [-0.2, 0) is 6.18 Å². The number of rotatable bonds is 6. The van der Waals surface area contributed by atoms with Crippen LogP contribution in [0.15, 0.2) is 58.9 Å². The number of carbonyl (C=O) groups is 1. The quantitative estimate of drug-likeness (QED) is 0.546. The molecular formula is C25H28ClF3N6O2. The number of halogens is 4. The monoisotopic (exact) mass is 536 g/mol. The number of carbonyl (C=O) groups excluding carboxylic acids is 1. The van der Waals surface area contributed by atoms with E-state index >= 15 is 0 Å². The van der Waals surface area contributed by atoms with Gasteiger partial charge in [-0.3, -0.25) is 0 Å². The third-order valence-corrected chi connectivity index (χ3v) is 5.96. The molecule has 2 heterocycles. The molecule has 2 aromatic rings. The first kappa shape index (κ1) is 28.0. The SMILES string of the molecule is C=C(Cl)/C(=C\C=C/C)c1nc(N2CCC(NC(=O)N(C)C)CC2)nc(=O)n1-c1ccc(C(F)(F)F)cc1. The molecule has 1 fully saturated rings. The molecule has 3 rings (SSSR count). The lowest BCUT2D eigenvalue weighted by Gasteiger charge is -2.33. The van der Waals surface area contributed by atoms with Crippen molar-refractivity contribution in [3.8, 4) is 5.69 Å². The highest BCUT2D eigenvalue weighted by atomic mass is 35.5. The summed E-state index contributed by atoms with van der Waals surface area (Å²) in [6, 6.07) is 3.91. The first-order valence-corrected chi connectivity index (χ1v) is 11.9. The zero-order valence-electron chi connectivity index (χ0n) is 20.7. The Bertz CT molecular complexity index is 1260. The van der Waals surface area contributed by atoms with Crippen molar-refractivity contribution in [2.45, 2.75) is 32.0 Å². The summed E-state index contributed by atoms with van der Waals surface area (Å²) in [6.07, 6.45) is 1.75. The maximum atomic E-state index is 13.3. The minimum absolute atomic E-state index is 0.0362. The Morgan fingerprint density at radius 3 is 2.32 bits per heavy atom. The van der Waals surface area contributed by atoms with E-state index in [0.29, 0.717) is 31.5 Å². The van der Waals surface area contributed by atoms with Crippen molar-refractivity contribution < 1.29 is 18.0 Å². The number of hydrogen-bond acceptors (Lipinski definition) is 5. The molecule has 2 amide bonds. The van der Waals surface area contributed by atoms with Crippen molar-refractivity contribution in [1.29, 1.82) is 0 Å². The third kappa shape index (κ3) is 6.79. The maximum absolute atomic E-state index is 13.3. The van der Waals surface area contributed by atoms with Gasteiger partial charge in [-0.2, -0.15) is 23.1 Å². The molecule has 0 saturated carbocycles. The van der Waals surface area contributed by atoms with E-state index in [1.807, 2.05) is 4.90 Å². The fourth-order valence-corrected chi connectivity index (χ4v) is 3.90. The number of hydrogen-bond donors (Lipinski definition) is 1. The van der Waals surface area contributed by atoms with Gasteiger partial charge in [0.15, 0.2) is 5.82 Å². The van der Waals surface area contributed by atoms with Crippen molar-refractivity contribution in [1.82, 2.24) is 24.8 Å². The molecule has 1 aromatic carbocycles. The van der Waals surface area contributed by atoms with Gasteiger partial charge in [0, 0.05) is 43.8 Å². The lowest BCUT2D eigenvalue weighted by atomic mass is 10.1. The second-order valence-corrected chi connectivity index (χ2v) is 9.08. The minimum Gasteiger partial charge on any atom is -0.340 e. The molecule has 0 spiro atoms. The van der Waals surface area contributed by atoms with Crippen LogP contribution in [0.25, 0.3) is 11.3 Å². The van der Waals surface area contributed by atoms with E-state index in [0.717, 1.165) is 16.7 Å². The van der Waals surface area contributed by atoms with Crippen LogP contribution in [-0.4, -0.2) is 58.7 Å². The van der Waals surface area contributed by atoms with E-state index in [-0.39, 0.29) is 34.6 Å². The third-order valence-electron chi connectivity index (χ3n) is 5.76. The van der Waals surface area contributed by atoms with Gasteiger partial charge in [0.05, 0.1) is 11.3 Å². The number of benzene rings is 1. The Labute approximate surface area is 217 Å². The van der Waals surface area contributed by atoms with Crippen molar-refractivity contribution in [2.75, 3.05) is 32.1 Å². The molecule has 0 bridgehead atoms. The van der Waals surface area contributed by atoms with Gasteiger partial charge in [0.1, 0.15) is 0 Å². The van der Waals surface area contributed by atoms with Crippen LogP contribution < -0.4 is 15.9 Å². The number of nitrogens with one attached hydrogen (secondary N) is 1. The molecule has 1 saturated heterocycles. The smallest absolute Gasteiger partial charge is 0.340 e. The predicted molar refractivity (Wildman–Crippen MR) is 138 cm³/mol. The van der Waals surface area contributed by atoms with Crippen LogP contribution in [0, 0.1) is 0 Å². The summed E-state index contributed by atoms with van der Waals surface area (Å²) in [6.45, 7) is 6.53. The molecule has 8 nitrogen and oxygen atoms in total. The summed E-state index contributed by atoms with van der Waals surface area (Å²) in [5, 5.41) is 3.03. The molecule has 1 aliphatic rings. The topological polar surface area (TPSA) is 83.4 Å². The molecular weight excluding hydrogens is 509 g/mol. The van der Waals surface area contributed by atoms with Crippen molar-refractivity contribution in [3.63, 3.8) is 0 Å². The number of amides is 2. The van der Waals surface area contributed by atoms with Crippen molar-refractivity contribution in [2.24, 2.45) is 0 Å². The average Bonchev–Trinajstić information content (AvgIpc) is 2.84. The molecule has 0 radical (unpaired) electrons. The van der Waals surface area contributed by atoms with Crippen LogP contribution in [0.1, 0.15) is 31.2 Å². The largest absolute Gasteiger partial charge is 0.416 e. The number of nitrogens with zero attached hydrogens (tertiary/aromatic N) is 5. The van der Waals surface area contributed by atoms with Crippen LogP contribution in [0.4, 0.5) is 23.9 Å². The lowest BCUT2D eigenvalue weighted by molar-refractivity contribution is -0.137. The summed E-state index contributed by atoms with van der Waals surface area (Å²) in [5.41, 5.74) is -1.12. The van der Waals surface area contributed by atoms with Gasteiger partial charge < -0.3 is 15.1 Å². The number of piperidine rings is 1. The van der Waals surface area contributed by atoms with E-state index in [9.17, 15) is 22.8 Å². The predicted octanol–water partition coefficient (Wildman–Crippen LogP) is 4.60. The Morgan fingerprint density at radius 1 is 1.19 bits per heavy atom.